The molecule has 3 aromatic rings. The number of nitrogens with zero attached hydrogens (tertiary/aromatic N) is 1. The Balaban J connectivity index is 1.79. The molecule has 0 aliphatic carbocycles. The minimum absolute atomic E-state index is 0.197. The number of anilines is 3. The second kappa shape index (κ2) is 8.43. The van der Waals surface area contributed by atoms with Gasteiger partial charge < -0.3 is 20.1 Å². The minimum Gasteiger partial charge on any atom is -0.497 e. The van der Waals surface area contributed by atoms with Crippen molar-refractivity contribution < 1.29 is 14.3 Å². The fraction of sp³-hybridized carbons (Fsp3) is 0.182. The highest BCUT2D eigenvalue weighted by atomic mass is 16.5. The normalized spacial score (nSPS) is 10.3. The van der Waals surface area contributed by atoms with Gasteiger partial charge in [0, 0.05) is 23.5 Å². The van der Waals surface area contributed by atoms with Crippen LogP contribution in [-0.4, -0.2) is 25.1 Å². The molecule has 144 valence electrons. The molecule has 0 atom stereocenters. The lowest BCUT2D eigenvalue weighted by Crippen LogP contribution is -2.12. The molecule has 0 saturated heterocycles. The second-order valence-electron chi connectivity index (χ2n) is 6.45. The maximum absolute atomic E-state index is 12.6. The summed E-state index contributed by atoms with van der Waals surface area (Å²) in [7, 11) is 3.18. The van der Waals surface area contributed by atoms with Crippen LogP contribution >= 0.6 is 0 Å². The zero-order valence-electron chi connectivity index (χ0n) is 16.4. The molecule has 2 N–H and O–H groups in total. The SMILES string of the molecule is COc1ccc(Nc2cc(C(=O)Nc3cc(C)cc(C)c3)ccn2)c(OC)c1. The number of benzene rings is 2. The van der Waals surface area contributed by atoms with Crippen molar-refractivity contribution in [2.24, 2.45) is 0 Å². The Morgan fingerprint density at radius 2 is 1.68 bits per heavy atom. The quantitative estimate of drug-likeness (QED) is 0.651. The third-order valence-corrected chi connectivity index (χ3v) is 4.17. The molecule has 6 nitrogen and oxygen atoms in total. The van der Waals surface area contributed by atoms with Crippen LogP contribution in [0.5, 0.6) is 11.5 Å². The van der Waals surface area contributed by atoms with Crippen molar-refractivity contribution in [2.75, 3.05) is 24.9 Å². The first-order chi connectivity index (χ1) is 13.5. The van der Waals surface area contributed by atoms with Crippen LogP contribution in [0.3, 0.4) is 0 Å². The number of amides is 1. The molecule has 0 unspecified atom stereocenters. The van der Waals surface area contributed by atoms with Gasteiger partial charge in [0.1, 0.15) is 17.3 Å². The highest BCUT2D eigenvalue weighted by Crippen LogP contribution is 2.31. The highest BCUT2D eigenvalue weighted by molar-refractivity contribution is 6.04. The molecule has 0 spiro atoms. The van der Waals surface area contributed by atoms with Gasteiger partial charge in [0.25, 0.3) is 5.91 Å². The fourth-order valence-corrected chi connectivity index (χ4v) is 2.93. The van der Waals surface area contributed by atoms with Crippen LogP contribution < -0.4 is 20.1 Å². The molecule has 6 heteroatoms. The lowest BCUT2D eigenvalue weighted by Gasteiger charge is -2.13. The fourth-order valence-electron chi connectivity index (χ4n) is 2.93. The van der Waals surface area contributed by atoms with Crippen LogP contribution in [0, 0.1) is 13.8 Å². The van der Waals surface area contributed by atoms with E-state index in [4.69, 9.17) is 9.47 Å². The summed E-state index contributed by atoms with van der Waals surface area (Å²) < 4.78 is 10.6. The Hall–Kier alpha value is -3.54. The van der Waals surface area contributed by atoms with Gasteiger partial charge in [0.05, 0.1) is 19.9 Å². The van der Waals surface area contributed by atoms with Gasteiger partial charge in [0.2, 0.25) is 0 Å². The number of hydrogen-bond donors (Lipinski definition) is 2. The van der Waals surface area contributed by atoms with Crippen LogP contribution in [0.15, 0.2) is 54.7 Å². The summed E-state index contributed by atoms with van der Waals surface area (Å²) >= 11 is 0. The second-order valence-corrected chi connectivity index (χ2v) is 6.45. The van der Waals surface area contributed by atoms with E-state index < -0.39 is 0 Å². The van der Waals surface area contributed by atoms with E-state index in [9.17, 15) is 4.79 Å². The van der Waals surface area contributed by atoms with E-state index >= 15 is 0 Å². The highest BCUT2D eigenvalue weighted by Gasteiger charge is 2.10. The van der Waals surface area contributed by atoms with Gasteiger partial charge in [-0.2, -0.15) is 0 Å². The first-order valence-corrected chi connectivity index (χ1v) is 8.83. The zero-order chi connectivity index (χ0) is 20.1. The summed E-state index contributed by atoms with van der Waals surface area (Å²) in [4.78, 5) is 16.9. The lowest BCUT2D eigenvalue weighted by molar-refractivity contribution is 0.102. The van der Waals surface area contributed by atoms with Crippen molar-refractivity contribution in [3.8, 4) is 11.5 Å². The number of aromatic nitrogens is 1. The number of rotatable bonds is 6. The Bertz CT molecular complexity index is 982. The van der Waals surface area contributed by atoms with Crippen LogP contribution in [0.2, 0.25) is 0 Å². The van der Waals surface area contributed by atoms with Crippen molar-refractivity contribution in [2.45, 2.75) is 13.8 Å². The Kier molecular flexibility index (Phi) is 5.79. The maximum atomic E-state index is 12.6. The molecule has 0 aliphatic heterocycles. The van der Waals surface area contributed by atoms with Crippen LogP contribution in [-0.2, 0) is 0 Å². The van der Waals surface area contributed by atoms with Gasteiger partial charge in [-0.05, 0) is 61.4 Å². The third kappa shape index (κ3) is 4.59. The van der Waals surface area contributed by atoms with E-state index in [1.807, 2.05) is 38.1 Å². The van der Waals surface area contributed by atoms with E-state index in [-0.39, 0.29) is 5.91 Å². The van der Waals surface area contributed by atoms with Crippen LogP contribution in [0.25, 0.3) is 0 Å². The van der Waals surface area contributed by atoms with Crippen molar-refractivity contribution >= 4 is 23.1 Å². The van der Waals surface area contributed by atoms with E-state index in [0.29, 0.717) is 22.9 Å². The summed E-state index contributed by atoms with van der Waals surface area (Å²) in [6.07, 6.45) is 1.59. The molecule has 2 aromatic carbocycles. The van der Waals surface area contributed by atoms with Gasteiger partial charge in [-0.15, -0.1) is 0 Å². The maximum Gasteiger partial charge on any atom is 0.255 e. The first-order valence-electron chi connectivity index (χ1n) is 8.83. The number of ether oxygens (including phenoxy) is 2. The van der Waals surface area contributed by atoms with Gasteiger partial charge >= 0.3 is 0 Å². The molecule has 0 fully saturated rings. The molecular formula is C22H23N3O3. The molecule has 28 heavy (non-hydrogen) atoms. The Morgan fingerprint density at radius 3 is 2.36 bits per heavy atom. The molecular weight excluding hydrogens is 354 g/mol. The van der Waals surface area contributed by atoms with Gasteiger partial charge in [-0.25, -0.2) is 4.98 Å². The number of methoxy groups -OCH3 is 2. The van der Waals surface area contributed by atoms with E-state index in [1.54, 1.807) is 38.6 Å². The minimum atomic E-state index is -0.197. The van der Waals surface area contributed by atoms with Crippen molar-refractivity contribution in [1.82, 2.24) is 4.98 Å². The molecule has 0 saturated carbocycles. The third-order valence-electron chi connectivity index (χ3n) is 4.17. The molecule has 0 radical (unpaired) electrons. The largest absolute Gasteiger partial charge is 0.497 e. The lowest BCUT2D eigenvalue weighted by atomic mass is 10.1. The molecule has 1 heterocycles. The number of pyridine rings is 1. The number of aryl methyl sites for hydroxylation is 2. The first kappa shape index (κ1) is 19.2. The number of carbonyl (C=O) groups is 1. The summed E-state index contributed by atoms with van der Waals surface area (Å²) in [5.74, 6) is 1.65. The topological polar surface area (TPSA) is 72.5 Å². The summed E-state index contributed by atoms with van der Waals surface area (Å²) in [6, 6.07) is 14.7. The molecule has 1 aromatic heterocycles. The average molecular weight is 377 g/mol. The molecule has 1 amide bonds. The standard InChI is InChI=1S/C22H23N3O3/c1-14-9-15(2)11-17(10-14)24-22(26)16-7-8-23-21(12-16)25-19-6-5-18(27-3)13-20(19)28-4/h5-13H,1-4H3,(H,23,25)(H,24,26). The smallest absolute Gasteiger partial charge is 0.255 e. The van der Waals surface area contributed by atoms with E-state index in [1.165, 1.54) is 0 Å². The van der Waals surface area contributed by atoms with Crippen molar-refractivity contribution in [3.63, 3.8) is 0 Å². The van der Waals surface area contributed by atoms with Gasteiger partial charge in [-0.3, -0.25) is 4.79 Å². The predicted octanol–water partition coefficient (Wildman–Crippen LogP) is 4.71. The summed E-state index contributed by atoms with van der Waals surface area (Å²) in [5, 5.41) is 6.11. The molecule has 0 bridgehead atoms. The van der Waals surface area contributed by atoms with Crippen molar-refractivity contribution in [1.29, 1.82) is 0 Å². The number of hydrogen-bond acceptors (Lipinski definition) is 5. The van der Waals surface area contributed by atoms with Crippen LogP contribution in [0.1, 0.15) is 21.5 Å². The number of nitrogens with one attached hydrogen (secondary N) is 2. The van der Waals surface area contributed by atoms with Crippen molar-refractivity contribution in [3.05, 3.63) is 71.4 Å². The van der Waals surface area contributed by atoms with Crippen LogP contribution in [0.4, 0.5) is 17.2 Å². The Labute approximate surface area is 164 Å². The average Bonchev–Trinajstić information content (AvgIpc) is 2.67. The number of carbonyl (C=O) groups excluding carboxylic acids is 1. The van der Waals surface area contributed by atoms with Gasteiger partial charge in [-0.1, -0.05) is 6.07 Å². The van der Waals surface area contributed by atoms with Gasteiger partial charge in [0.15, 0.2) is 0 Å². The van der Waals surface area contributed by atoms with E-state index in [2.05, 4.69) is 21.7 Å². The van der Waals surface area contributed by atoms with E-state index in [0.717, 1.165) is 22.5 Å². The monoisotopic (exact) mass is 377 g/mol. The zero-order valence-corrected chi connectivity index (χ0v) is 16.4. The molecule has 3 rings (SSSR count). The Morgan fingerprint density at radius 1 is 0.929 bits per heavy atom. The summed E-state index contributed by atoms with van der Waals surface area (Å²) in [5.41, 5.74) is 4.19. The summed E-state index contributed by atoms with van der Waals surface area (Å²) in [6.45, 7) is 4.00. The molecule has 0 aliphatic rings. The predicted molar refractivity (Wildman–Crippen MR) is 111 cm³/mol.